The monoisotopic (exact) mass is 200 g/mol. The molecule has 6 heteroatoms. The summed E-state index contributed by atoms with van der Waals surface area (Å²) in [5.74, 6) is -0.787. The van der Waals surface area contributed by atoms with Crippen molar-refractivity contribution in [2.45, 2.75) is 25.8 Å². The van der Waals surface area contributed by atoms with Crippen LogP contribution >= 0.6 is 0 Å². The van der Waals surface area contributed by atoms with E-state index in [0.717, 1.165) is 0 Å². The van der Waals surface area contributed by atoms with Gasteiger partial charge in [-0.15, -0.1) is 0 Å². The van der Waals surface area contributed by atoms with E-state index in [1.165, 1.54) is 0 Å². The average molecular weight is 200 g/mol. The largest absolute Gasteiger partial charge is 0.480 e. The number of nitrogens with two attached hydrogens (primary N) is 2. The number of carbonyl (C=O) groups is 1. The molecule has 0 aromatic carbocycles. The average Bonchev–Trinajstić information content (AvgIpc) is 2.12. The molecule has 0 aliphatic heterocycles. The molecule has 5 N–H and O–H groups in total. The van der Waals surface area contributed by atoms with Crippen molar-refractivity contribution in [2.75, 3.05) is 6.54 Å². The van der Waals surface area contributed by atoms with Crippen LogP contribution in [0.4, 0.5) is 0 Å². The predicted molar refractivity (Wildman–Crippen MR) is 55.5 cm³/mol. The van der Waals surface area contributed by atoms with Crippen molar-refractivity contribution in [2.24, 2.45) is 21.5 Å². The van der Waals surface area contributed by atoms with E-state index in [4.69, 9.17) is 16.6 Å². The molecule has 0 fully saturated rings. The predicted octanol–water partition coefficient (Wildman–Crippen LogP) is -0.416. The zero-order chi connectivity index (χ0) is 11.0. The third-order valence-electron chi connectivity index (χ3n) is 1.53. The van der Waals surface area contributed by atoms with Gasteiger partial charge in [-0.3, -0.25) is 9.79 Å². The molecule has 0 radical (unpaired) electrons. The Bertz CT molecular complexity index is 237. The Labute approximate surface area is 82.7 Å². The lowest BCUT2D eigenvalue weighted by Gasteiger charge is -2.03. The number of aliphatic imine (C=N–C) groups is 2. The van der Waals surface area contributed by atoms with Crippen molar-refractivity contribution in [1.29, 1.82) is 0 Å². The molecule has 6 nitrogen and oxygen atoms in total. The molecule has 1 atom stereocenters. The summed E-state index contributed by atoms with van der Waals surface area (Å²) < 4.78 is 0. The highest BCUT2D eigenvalue weighted by molar-refractivity contribution is 5.85. The molecule has 0 bridgehead atoms. The van der Waals surface area contributed by atoms with Gasteiger partial charge in [-0.2, -0.15) is 0 Å². The first-order chi connectivity index (χ1) is 6.57. The lowest BCUT2D eigenvalue weighted by molar-refractivity contribution is -0.138. The smallest absolute Gasteiger partial charge is 0.320 e. The highest BCUT2D eigenvalue weighted by Gasteiger charge is 2.09. The van der Waals surface area contributed by atoms with Gasteiger partial charge in [-0.05, 0) is 19.8 Å². The Morgan fingerprint density at radius 1 is 1.64 bits per heavy atom. The van der Waals surface area contributed by atoms with E-state index < -0.39 is 12.0 Å². The van der Waals surface area contributed by atoms with E-state index in [1.54, 1.807) is 13.1 Å². The Kier molecular flexibility index (Phi) is 6.30. The first-order valence-electron chi connectivity index (χ1n) is 4.35. The van der Waals surface area contributed by atoms with Crippen LogP contribution in [0.1, 0.15) is 19.8 Å². The second-order valence-electron chi connectivity index (χ2n) is 2.71. The second-order valence-corrected chi connectivity index (χ2v) is 2.71. The first kappa shape index (κ1) is 12.6. The van der Waals surface area contributed by atoms with Gasteiger partial charge in [0.25, 0.3) is 0 Å². The molecule has 0 saturated heterocycles. The van der Waals surface area contributed by atoms with Crippen LogP contribution in [0.25, 0.3) is 0 Å². The summed E-state index contributed by atoms with van der Waals surface area (Å²) in [6, 6.07) is -0.818. The molecule has 0 aromatic heterocycles. The molecule has 0 aliphatic rings. The summed E-state index contributed by atoms with van der Waals surface area (Å²) >= 11 is 0. The van der Waals surface area contributed by atoms with Crippen LogP contribution in [0, 0.1) is 0 Å². The molecule has 0 amide bonds. The summed E-state index contributed by atoms with van der Waals surface area (Å²) in [7, 11) is 0. The van der Waals surface area contributed by atoms with Crippen LogP contribution in [-0.4, -0.2) is 35.8 Å². The lowest BCUT2D eigenvalue weighted by atomic mass is 10.2. The molecule has 0 aliphatic carbocycles. The molecule has 0 rings (SSSR count). The molecule has 0 heterocycles. The second kappa shape index (κ2) is 7.02. The van der Waals surface area contributed by atoms with E-state index >= 15 is 0 Å². The van der Waals surface area contributed by atoms with Crippen molar-refractivity contribution in [3.05, 3.63) is 0 Å². The van der Waals surface area contributed by atoms with Gasteiger partial charge < -0.3 is 16.6 Å². The molecular weight excluding hydrogens is 184 g/mol. The van der Waals surface area contributed by atoms with Crippen LogP contribution < -0.4 is 11.5 Å². The van der Waals surface area contributed by atoms with Crippen molar-refractivity contribution in [1.82, 2.24) is 0 Å². The fraction of sp³-hybridized carbons (Fsp3) is 0.625. The Morgan fingerprint density at radius 2 is 2.29 bits per heavy atom. The molecule has 80 valence electrons. The van der Waals surface area contributed by atoms with Crippen LogP contribution in [0.2, 0.25) is 0 Å². The van der Waals surface area contributed by atoms with Gasteiger partial charge in [0.1, 0.15) is 6.04 Å². The van der Waals surface area contributed by atoms with Gasteiger partial charge in [0.15, 0.2) is 0 Å². The Balaban J connectivity index is 3.65. The summed E-state index contributed by atoms with van der Waals surface area (Å²) in [4.78, 5) is 17.9. The number of carboxylic acid groups (broad SMARTS) is 1. The minimum Gasteiger partial charge on any atom is -0.480 e. The van der Waals surface area contributed by atoms with Gasteiger partial charge >= 0.3 is 5.97 Å². The quantitative estimate of drug-likeness (QED) is 0.318. The van der Waals surface area contributed by atoms with E-state index in [2.05, 4.69) is 9.98 Å². The van der Waals surface area contributed by atoms with E-state index in [0.29, 0.717) is 19.4 Å². The maximum absolute atomic E-state index is 10.3. The zero-order valence-electron chi connectivity index (χ0n) is 8.18. The minimum atomic E-state index is -0.992. The normalized spacial score (nSPS) is 14.6. The number of aliphatic carboxylic acids is 1. The number of rotatable bonds is 5. The van der Waals surface area contributed by atoms with Crippen LogP contribution in [-0.2, 0) is 4.79 Å². The molecule has 1 unspecified atom stereocenters. The highest BCUT2D eigenvalue weighted by atomic mass is 16.4. The summed E-state index contributed by atoms with van der Waals surface area (Å²) in [5.41, 5.74) is 10.6. The Morgan fingerprint density at radius 3 is 2.79 bits per heavy atom. The third kappa shape index (κ3) is 6.13. The number of guanidine groups is 1. The van der Waals surface area contributed by atoms with Gasteiger partial charge in [-0.1, -0.05) is 0 Å². The van der Waals surface area contributed by atoms with E-state index in [9.17, 15) is 4.79 Å². The van der Waals surface area contributed by atoms with E-state index in [1.807, 2.05) is 0 Å². The maximum Gasteiger partial charge on any atom is 0.320 e. The molecule has 0 spiro atoms. The Hall–Kier alpha value is -1.43. The van der Waals surface area contributed by atoms with E-state index in [-0.39, 0.29) is 5.96 Å². The summed E-state index contributed by atoms with van der Waals surface area (Å²) in [6.45, 7) is 2.19. The third-order valence-corrected chi connectivity index (χ3v) is 1.53. The van der Waals surface area contributed by atoms with Crippen LogP contribution in [0.3, 0.4) is 0 Å². The van der Waals surface area contributed by atoms with Crippen LogP contribution in [0.15, 0.2) is 9.98 Å². The minimum absolute atomic E-state index is 0.205. The first-order valence-corrected chi connectivity index (χ1v) is 4.35. The van der Waals surface area contributed by atoms with Gasteiger partial charge in [0.2, 0.25) is 5.96 Å². The molecule has 14 heavy (non-hydrogen) atoms. The summed E-state index contributed by atoms with van der Waals surface area (Å²) in [6.07, 6.45) is 2.52. The van der Waals surface area contributed by atoms with Crippen molar-refractivity contribution in [3.8, 4) is 0 Å². The topological polar surface area (TPSA) is 114 Å². The van der Waals surface area contributed by atoms with Gasteiger partial charge in [0.05, 0.1) is 0 Å². The highest BCUT2D eigenvalue weighted by Crippen LogP contribution is 1.95. The van der Waals surface area contributed by atoms with Crippen molar-refractivity contribution in [3.63, 3.8) is 0 Å². The molecule has 0 aromatic rings. The maximum atomic E-state index is 10.3. The number of carboxylic acids is 1. The SMILES string of the molecule is CC=NC(N)=NCCCC(N)C(=O)O. The fourth-order valence-electron chi connectivity index (χ4n) is 0.801. The van der Waals surface area contributed by atoms with Crippen LogP contribution in [0.5, 0.6) is 0 Å². The number of hydrogen-bond donors (Lipinski definition) is 3. The molecular formula is C8H16N4O2. The number of nitrogens with zero attached hydrogens (tertiary/aromatic N) is 2. The zero-order valence-corrected chi connectivity index (χ0v) is 8.18. The molecule has 0 saturated carbocycles. The van der Waals surface area contributed by atoms with Gasteiger partial charge in [-0.25, -0.2) is 4.99 Å². The number of hydrogen-bond acceptors (Lipinski definition) is 3. The van der Waals surface area contributed by atoms with Crippen molar-refractivity contribution >= 4 is 18.1 Å². The fourth-order valence-corrected chi connectivity index (χ4v) is 0.801. The lowest BCUT2D eigenvalue weighted by Crippen LogP contribution is -2.30. The summed E-state index contributed by atoms with van der Waals surface area (Å²) in [5, 5.41) is 8.47. The van der Waals surface area contributed by atoms with Gasteiger partial charge in [0, 0.05) is 12.8 Å². The standard InChI is InChI=1S/C8H16N4O2/c1-2-11-8(10)12-5-3-4-6(9)7(13)14/h2,6H,3-5,9H2,1H3,(H2,10,12)(H,13,14). The van der Waals surface area contributed by atoms with Crippen molar-refractivity contribution < 1.29 is 9.90 Å².